The van der Waals surface area contributed by atoms with E-state index in [-0.39, 0.29) is 5.52 Å². The molecule has 1 aliphatic rings. The summed E-state index contributed by atoms with van der Waals surface area (Å²) >= 11 is 0. The van der Waals surface area contributed by atoms with Crippen molar-refractivity contribution in [3.05, 3.63) is 66.5 Å². The van der Waals surface area contributed by atoms with E-state index in [1.165, 1.54) is 0 Å². The molecule has 0 atom stereocenters. The van der Waals surface area contributed by atoms with E-state index in [4.69, 9.17) is 9.72 Å². The Labute approximate surface area is 229 Å². The Morgan fingerprint density at radius 1 is 0.850 bits per heavy atom. The number of ether oxygens (including phenoxy) is 1. The van der Waals surface area contributed by atoms with Gasteiger partial charge in [0.15, 0.2) is 0 Å². The standard InChI is InChI=1S/C29H30F3N7O/c1-37(2)20-11-9-19(10-12-20)27-33-21-5-3-7-23(25(21)35-27)39-15-13-38(14-16-39)17-18-40-24-8-4-6-22-26(24)36-28(34-22)29(30,31)32/h3-12H,13-18H2,1-2H3,(H,33,35)(H,34,36). The van der Waals surface area contributed by atoms with Crippen molar-refractivity contribution in [1.29, 1.82) is 0 Å². The summed E-state index contributed by atoms with van der Waals surface area (Å²) in [5, 5.41) is 0. The third kappa shape index (κ3) is 5.16. The van der Waals surface area contributed by atoms with Gasteiger partial charge in [0, 0.05) is 58.1 Å². The van der Waals surface area contributed by atoms with Crippen LogP contribution < -0.4 is 14.5 Å². The van der Waals surface area contributed by atoms with Crippen LogP contribution in [0, 0.1) is 0 Å². The number of halogens is 3. The summed E-state index contributed by atoms with van der Waals surface area (Å²) in [6.07, 6.45) is -4.53. The van der Waals surface area contributed by atoms with E-state index in [9.17, 15) is 13.2 Å². The maximum absolute atomic E-state index is 13.1. The normalized spacial score (nSPS) is 14.8. The zero-order valence-electron chi connectivity index (χ0n) is 22.3. The first kappa shape index (κ1) is 26.0. The number of anilines is 2. The van der Waals surface area contributed by atoms with E-state index in [1.807, 2.05) is 14.1 Å². The van der Waals surface area contributed by atoms with Crippen molar-refractivity contribution in [2.45, 2.75) is 6.18 Å². The Kier molecular flexibility index (Phi) is 6.75. The second kappa shape index (κ2) is 10.4. The number of nitrogens with zero attached hydrogens (tertiary/aromatic N) is 5. The summed E-state index contributed by atoms with van der Waals surface area (Å²) in [4.78, 5) is 21.2. The minimum atomic E-state index is -4.53. The van der Waals surface area contributed by atoms with Gasteiger partial charge in [-0.2, -0.15) is 13.2 Å². The fourth-order valence-corrected chi connectivity index (χ4v) is 5.08. The molecule has 2 aromatic heterocycles. The van der Waals surface area contributed by atoms with Crippen LogP contribution in [0.4, 0.5) is 24.5 Å². The van der Waals surface area contributed by atoms with Crippen LogP contribution in [0.1, 0.15) is 5.82 Å². The lowest BCUT2D eigenvalue weighted by atomic mass is 10.2. The number of para-hydroxylation sites is 2. The molecule has 0 saturated carbocycles. The van der Waals surface area contributed by atoms with E-state index < -0.39 is 12.0 Å². The van der Waals surface area contributed by atoms with Crippen molar-refractivity contribution < 1.29 is 17.9 Å². The van der Waals surface area contributed by atoms with Crippen LogP contribution >= 0.6 is 0 Å². The van der Waals surface area contributed by atoms with Crippen LogP contribution in [0.3, 0.4) is 0 Å². The van der Waals surface area contributed by atoms with E-state index in [2.05, 4.69) is 72.1 Å². The predicted octanol–water partition coefficient (Wildman–Crippen LogP) is 5.39. The average molecular weight is 550 g/mol. The fourth-order valence-electron chi connectivity index (χ4n) is 5.08. The van der Waals surface area contributed by atoms with Crippen molar-refractivity contribution >= 4 is 33.4 Å². The van der Waals surface area contributed by atoms with Gasteiger partial charge in [-0.15, -0.1) is 0 Å². The van der Waals surface area contributed by atoms with Gasteiger partial charge in [-0.25, -0.2) is 9.97 Å². The Morgan fingerprint density at radius 2 is 1.55 bits per heavy atom. The SMILES string of the molecule is CN(C)c1ccc(-c2nc3c(N4CCN(CCOc5cccc6[nH]c(C(F)(F)F)nc56)CC4)cccc3[nH]2)cc1. The predicted molar refractivity (Wildman–Crippen MR) is 151 cm³/mol. The van der Waals surface area contributed by atoms with Gasteiger partial charge in [0.25, 0.3) is 0 Å². The number of imidazole rings is 2. The van der Waals surface area contributed by atoms with Crippen molar-refractivity contribution in [3.8, 4) is 17.1 Å². The van der Waals surface area contributed by atoms with Gasteiger partial charge in [-0.05, 0) is 48.5 Å². The Balaban J connectivity index is 1.08. The Hall–Kier alpha value is -4.25. The molecule has 5 aromatic rings. The second-order valence-corrected chi connectivity index (χ2v) is 10.1. The number of fused-ring (bicyclic) bond motifs is 2. The Bertz CT molecular complexity index is 1620. The van der Waals surface area contributed by atoms with E-state index >= 15 is 0 Å². The third-order valence-electron chi connectivity index (χ3n) is 7.27. The molecule has 0 bridgehead atoms. The molecular weight excluding hydrogens is 519 g/mol. The smallest absolute Gasteiger partial charge is 0.449 e. The number of alkyl halides is 3. The van der Waals surface area contributed by atoms with Crippen molar-refractivity contribution in [2.24, 2.45) is 0 Å². The highest BCUT2D eigenvalue weighted by atomic mass is 19.4. The molecule has 208 valence electrons. The molecule has 11 heteroatoms. The maximum atomic E-state index is 13.1. The molecule has 3 aromatic carbocycles. The molecule has 1 fully saturated rings. The maximum Gasteiger partial charge on any atom is 0.449 e. The molecular formula is C29H30F3N7O. The number of piperazine rings is 1. The quantitative estimate of drug-likeness (QED) is 0.284. The zero-order chi connectivity index (χ0) is 27.9. The van der Waals surface area contributed by atoms with Gasteiger partial charge in [0.1, 0.15) is 29.2 Å². The molecule has 6 rings (SSSR count). The van der Waals surface area contributed by atoms with Crippen LogP contribution in [0.5, 0.6) is 5.75 Å². The summed E-state index contributed by atoms with van der Waals surface area (Å²) in [5.41, 5.74) is 5.74. The van der Waals surface area contributed by atoms with Crippen molar-refractivity contribution in [3.63, 3.8) is 0 Å². The molecule has 8 nitrogen and oxygen atoms in total. The number of hydrogen-bond donors (Lipinski definition) is 2. The van der Waals surface area contributed by atoms with Crippen LogP contribution in [0.15, 0.2) is 60.7 Å². The number of benzene rings is 3. The van der Waals surface area contributed by atoms with Gasteiger partial charge < -0.3 is 24.5 Å². The molecule has 0 amide bonds. The summed E-state index contributed by atoms with van der Waals surface area (Å²) in [6.45, 7) is 4.38. The van der Waals surface area contributed by atoms with Crippen molar-refractivity contribution in [2.75, 3.05) is 63.2 Å². The fraction of sp³-hybridized carbons (Fsp3) is 0.310. The molecule has 3 heterocycles. The van der Waals surface area contributed by atoms with Crippen LogP contribution in [0.2, 0.25) is 0 Å². The number of nitrogens with one attached hydrogen (secondary N) is 2. The first-order valence-corrected chi connectivity index (χ1v) is 13.2. The van der Waals surface area contributed by atoms with Gasteiger partial charge >= 0.3 is 6.18 Å². The van der Waals surface area contributed by atoms with E-state index in [0.29, 0.717) is 24.4 Å². The molecule has 1 saturated heterocycles. The lowest BCUT2D eigenvalue weighted by Gasteiger charge is -2.36. The molecule has 1 aliphatic heterocycles. The summed E-state index contributed by atoms with van der Waals surface area (Å²) < 4.78 is 45.0. The highest BCUT2D eigenvalue weighted by molar-refractivity contribution is 5.91. The lowest BCUT2D eigenvalue weighted by Crippen LogP contribution is -2.47. The molecule has 2 N–H and O–H groups in total. The molecule has 0 spiro atoms. The van der Waals surface area contributed by atoms with Crippen LogP contribution in [0.25, 0.3) is 33.5 Å². The highest BCUT2D eigenvalue weighted by Crippen LogP contribution is 2.32. The number of hydrogen-bond acceptors (Lipinski definition) is 6. The molecule has 0 unspecified atom stereocenters. The minimum absolute atomic E-state index is 0.194. The second-order valence-electron chi connectivity index (χ2n) is 10.1. The number of rotatable bonds is 7. The summed E-state index contributed by atoms with van der Waals surface area (Å²) in [5.74, 6) is 0.175. The van der Waals surface area contributed by atoms with Gasteiger partial charge in [0.05, 0.1) is 16.7 Å². The highest BCUT2D eigenvalue weighted by Gasteiger charge is 2.35. The van der Waals surface area contributed by atoms with E-state index in [0.717, 1.165) is 60.0 Å². The summed E-state index contributed by atoms with van der Waals surface area (Å²) in [6, 6.07) is 19.4. The van der Waals surface area contributed by atoms with Gasteiger partial charge in [-0.1, -0.05) is 12.1 Å². The van der Waals surface area contributed by atoms with E-state index in [1.54, 1.807) is 18.2 Å². The molecule has 0 radical (unpaired) electrons. The zero-order valence-corrected chi connectivity index (χ0v) is 22.3. The minimum Gasteiger partial charge on any atom is -0.490 e. The first-order chi connectivity index (χ1) is 19.3. The summed E-state index contributed by atoms with van der Waals surface area (Å²) in [7, 11) is 4.04. The lowest BCUT2D eigenvalue weighted by molar-refractivity contribution is -0.144. The van der Waals surface area contributed by atoms with Crippen LogP contribution in [-0.4, -0.2) is 78.3 Å². The van der Waals surface area contributed by atoms with Crippen molar-refractivity contribution in [1.82, 2.24) is 24.8 Å². The number of aromatic amines is 2. The average Bonchev–Trinajstić information content (AvgIpc) is 3.59. The first-order valence-electron chi connectivity index (χ1n) is 13.2. The number of aromatic nitrogens is 4. The molecule has 0 aliphatic carbocycles. The third-order valence-corrected chi connectivity index (χ3v) is 7.27. The van der Waals surface area contributed by atoms with Gasteiger partial charge in [0.2, 0.25) is 5.82 Å². The Morgan fingerprint density at radius 3 is 2.25 bits per heavy atom. The molecule has 40 heavy (non-hydrogen) atoms. The van der Waals surface area contributed by atoms with Gasteiger partial charge in [-0.3, -0.25) is 4.90 Å². The largest absolute Gasteiger partial charge is 0.490 e. The topological polar surface area (TPSA) is 76.3 Å². The number of H-pyrrole nitrogens is 2. The monoisotopic (exact) mass is 549 g/mol. The van der Waals surface area contributed by atoms with Crippen LogP contribution in [-0.2, 0) is 6.18 Å².